The van der Waals surface area contributed by atoms with Crippen molar-refractivity contribution in [2.45, 2.75) is 38.6 Å². The van der Waals surface area contributed by atoms with E-state index in [1.54, 1.807) is 25.4 Å². The fourth-order valence-corrected chi connectivity index (χ4v) is 5.14. The summed E-state index contributed by atoms with van der Waals surface area (Å²) in [4.78, 5) is 22.0. The first kappa shape index (κ1) is 20.8. The molecule has 3 aromatic rings. The van der Waals surface area contributed by atoms with Gasteiger partial charge < -0.3 is 14.2 Å². The number of carbonyl (C=O) groups is 1. The second-order valence-electron chi connectivity index (χ2n) is 9.13. The summed E-state index contributed by atoms with van der Waals surface area (Å²) in [5.41, 5.74) is 2.08. The van der Waals surface area contributed by atoms with Crippen molar-refractivity contribution in [2.75, 3.05) is 26.2 Å². The molecular formula is C25H29N5O2. The van der Waals surface area contributed by atoms with Crippen LogP contribution in [0.2, 0.25) is 0 Å². The Kier molecular flexibility index (Phi) is 5.74. The molecule has 0 radical (unpaired) electrons. The number of carbonyl (C=O) groups excluding carboxylic acids is 1. The molecule has 1 aromatic carbocycles. The molecule has 1 spiro atoms. The normalized spacial score (nSPS) is 20.7. The monoisotopic (exact) mass is 431 g/mol. The van der Waals surface area contributed by atoms with E-state index in [1.807, 2.05) is 11.0 Å². The van der Waals surface area contributed by atoms with Gasteiger partial charge in [0.25, 0.3) is 5.91 Å². The van der Waals surface area contributed by atoms with Crippen molar-refractivity contribution < 1.29 is 9.21 Å². The fourth-order valence-electron chi connectivity index (χ4n) is 5.14. The number of aryl methyl sites for hydroxylation is 1. The lowest BCUT2D eigenvalue weighted by atomic mass is 9.76. The van der Waals surface area contributed by atoms with E-state index in [4.69, 9.17) is 4.42 Å². The van der Waals surface area contributed by atoms with Gasteiger partial charge in [-0.15, -0.1) is 10.2 Å². The van der Waals surface area contributed by atoms with Crippen LogP contribution in [-0.4, -0.2) is 57.1 Å². The predicted molar refractivity (Wildman–Crippen MR) is 120 cm³/mol. The second kappa shape index (κ2) is 8.82. The molecule has 1 atom stereocenters. The van der Waals surface area contributed by atoms with Gasteiger partial charge in [0.1, 0.15) is 6.04 Å². The van der Waals surface area contributed by atoms with Gasteiger partial charge in [-0.1, -0.05) is 30.3 Å². The molecule has 0 bridgehead atoms. The number of benzene rings is 1. The van der Waals surface area contributed by atoms with Crippen molar-refractivity contribution >= 4 is 5.91 Å². The van der Waals surface area contributed by atoms with Crippen molar-refractivity contribution in [1.82, 2.24) is 25.0 Å². The number of hydrogen-bond donors (Lipinski definition) is 0. The van der Waals surface area contributed by atoms with Crippen LogP contribution in [-0.2, 0) is 6.42 Å². The maximum Gasteiger partial charge on any atom is 0.256 e. The third-order valence-electron chi connectivity index (χ3n) is 6.98. The number of nitrogens with zero attached hydrogens (tertiary/aromatic N) is 5. The van der Waals surface area contributed by atoms with Gasteiger partial charge in [-0.2, -0.15) is 0 Å². The highest BCUT2D eigenvalue weighted by Crippen LogP contribution is 2.49. The van der Waals surface area contributed by atoms with Crippen LogP contribution >= 0.6 is 0 Å². The molecule has 166 valence electrons. The molecule has 2 aliphatic rings. The lowest BCUT2D eigenvalue weighted by Gasteiger charge is -2.39. The highest BCUT2D eigenvalue weighted by molar-refractivity contribution is 5.94. The minimum absolute atomic E-state index is 0.0117. The van der Waals surface area contributed by atoms with Crippen molar-refractivity contribution in [3.8, 4) is 0 Å². The predicted octanol–water partition coefficient (Wildman–Crippen LogP) is 3.69. The van der Waals surface area contributed by atoms with Gasteiger partial charge in [-0.3, -0.25) is 9.78 Å². The van der Waals surface area contributed by atoms with Crippen LogP contribution in [0.4, 0.5) is 0 Å². The Balaban J connectivity index is 1.29. The Morgan fingerprint density at radius 2 is 1.94 bits per heavy atom. The van der Waals surface area contributed by atoms with Crippen LogP contribution in [0, 0.1) is 12.3 Å². The topological polar surface area (TPSA) is 75.4 Å². The van der Waals surface area contributed by atoms with Crippen LogP contribution in [0.3, 0.4) is 0 Å². The molecule has 1 amide bonds. The minimum atomic E-state index is -0.181. The van der Waals surface area contributed by atoms with E-state index < -0.39 is 0 Å². The van der Waals surface area contributed by atoms with Crippen molar-refractivity contribution in [3.05, 3.63) is 77.8 Å². The van der Waals surface area contributed by atoms with Crippen LogP contribution in [0.1, 0.15) is 53.0 Å². The van der Waals surface area contributed by atoms with E-state index in [0.29, 0.717) is 17.3 Å². The molecule has 4 heterocycles. The highest BCUT2D eigenvalue weighted by Gasteiger charge is 2.49. The van der Waals surface area contributed by atoms with Crippen LogP contribution in [0.25, 0.3) is 0 Å². The number of rotatable bonds is 5. The van der Waals surface area contributed by atoms with Gasteiger partial charge in [0.2, 0.25) is 11.8 Å². The van der Waals surface area contributed by atoms with E-state index in [0.717, 1.165) is 51.9 Å². The Hall–Kier alpha value is -3.06. The highest BCUT2D eigenvalue weighted by atomic mass is 16.4. The van der Waals surface area contributed by atoms with E-state index in [9.17, 15) is 4.79 Å². The Labute approximate surface area is 188 Å². The molecule has 2 aliphatic heterocycles. The van der Waals surface area contributed by atoms with Gasteiger partial charge >= 0.3 is 0 Å². The maximum absolute atomic E-state index is 13.4. The number of hydrogen-bond acceptors (Lipinski definition) is 6. The average Bonchev–Trinajstić information content (AvgIpc) is 3.43. The molecule has 2 fully saturated rings. The summed E-state index contributed by atoms with van der Waals surface area (Å²) in [6.07, 6.45) is 7.41. The van der Waals surface area contributed by atoms with Crippen LogP contribution in [0.5, 0.6) is 0 Å². The first-order chi connectivity index (χ1) is 15.6. The summed E-state index contributed by atoms with van der Waals surface area (Å²) in [7, 11) is 0. The molecule has 0 N–H and O–H groups in total. The van der Waals surface area contributed by atoms with Gasteiger partial charge in [0, 0.05) is 32.4 Å². The number of pyridine rings is 1. The summed E-state index contributed by atoms with van der Waals surface area (Å²) >= 11 is 0. The Bertz CT molecular complexity index is 1040. The van der Waals surface area contributed by atoms with Crippen LogP contribution in [0.15, 0.2) is 59.3 Å². The molecule has 1 unspecified atom stereocenters. The minimum Gasteiger partial charge on any atom is -0.423 e. The Morgan fingerprint density at radius 3 is 2.62 bits per heavy atom. The van der Waals surface area contributed by atoms with E-state index in [1.165, 1.54) is 5.56 Å². The molecule has 0 aliphatic carbocycles. The number of piperidine rings is 1. The largest absolute Gasteiger partial charge is 0.423 e. The van der Waals surface area contributed by atoms with Crippen molar-refractivity contribution in [1.29, 1.82) is 0 Å². The van der Waals surface area contributed by atoms with Gasteiger partial charge in [0.15, 0.2) is 0 Å². The zero-order chi connectivity index (χ0) is 22.0. The SMILES string of the molecule is Cc1nnc(C2CC3(CCN(CCc4ccccc4)CC3)CN2C(=O)c2cccnc2)o1. The molecule has 7 heteroatoms. The quantitative estimate of drug-likeness (QED) is 0.613. The standard InChI is InChI=1S/C25H29N5O2/c1-19-27-28-23(32-19)22-16-25(18-30(22)24(31)21-8-5-12-26-17-21)10-14-29(15-11-25)13-9-20-6-3-2-4-7-20/h2-8,12,17,22H,9-11,13-16,18H2,1H3. The summed E-state index contributed by atoms with van der Waals surface area (Å²) in [6, 6.07) is 14.1. The fraction of sp³-hybridized carbons (Fsp3) is 0.440. The molecule has 32 heavy (non-hydrogen) atoms. The molecular weight excluding hydrogens is 402 g/mol. The van der Waals surface area contributed by atoms with Gasteiger partial charge in [-0.25, -0.2) is 0 Å². The zero-order valence-corrected chi connectivity index (χ0v) is 18.5. The van der Waals surface area contributed by atoms with Crippen LogP contribution < -0.4 is 0 Å². The summed E-state index contributed by atoms with van der Waals surface area (Å²) in [6.45, 7) is 5.69. The molecule has 2 saturated heterocycles. The molecule has 5 rings (SSSR count). The van der Waals surface area contributed by atoms with Crippen molar-refractivity contribution in [2.24, 2.45) is 5.41 Å². The smallest absolute Gasteiger partial charge is 0.256 e. The van der Waals surface area contributed by atoms with Crippen molar-refractivity contribution in [3.63, 3.8) is 0 Å². The first-order valence-electron chi connectivity index (χ1n) is 11.4. The third-order valence-corrected chi connectivity index (χ3v) is 6.98. The zero-order valence-electron chi connectivity index (χ0n) is 18.5. The summed E-state index contributed by atoms with van der Waals surface area (Å²) in [5, 5.41) is 8.29. The third kappa shape index (κ3) is 4.30. The van der Waals surface area contributed by atoms with E-state index in [2.05, 4.69) is 50.4 Å². The number of likely N-dealkylation sites (tertiary alicyclic amines) is 2. The average molecular weight is 432 g/mol. The number of aromatic nitrogens is 3. The lowest BCUT2D eigenvalue weighted by Crippen LogP contribution is -2.43. The number of amides is 1. The molecule has 0 saturated carbocycles. The molecule has 2 aromatic heterocycles. The summed E-state index contributed by atoms with van der Waals surface area (Å²) < 4.78 is 5.78. The first-order valence-corrected chi connectivity index (χ1v) is 11.4. The van der Waals surface area contributed by atoms with E-state index in [-0.39, 0.29) is 17.4 Å². The summed E-state index contributed by atoms with van der Waals surface area (Å²) in [5.74, 6) is 1.07. The second-order valence-corrected chi connectivity index (χ2v) is 9.13. The Morgan fingerprint density at radius 1 is 1.12 bits per heavy atom. The molecule has 7 nitrogen and oxygen atoms in total. The van der Waals surface area contributed by atoms with Gasteiger partial charge in [-0.05, 0) is 61.9 Å². The lowest BCUT2D eigenvalue weighted by molar-refractivity contribution is 0.0671. The van der Waals surface area contributed by atoms with Gasteiger partial charge in [0.05, 0.1) is 5.56 Å². The van der Waals surface area contributed by atoms with E-state index >= 15 is 0 Å². The maximum atomic E-state index is 13.4.